The Balaban J connectivity index is 2.74. The van der Waals surface area contributed by atoms with E-state index in [9.17, 15) is 14.4 Å². The van der Waals surface area contributed by atoms with Crippen LogP contribution in [0.1, 0.15) is 34.6 Å². The highest BCUT2D eigenvalue weighted by atomic mass is 16.5. The molecule has 7 nitrogen and oxygen atoms in total. The van der Waals surface area contributed by atoms with Crippen LogP contribution >= 0.6 is 0 Å². The number of hydrogen-bond acceptors (Lipinski definition) is 7. The van der Waals surface area contributed by atoms with Crippen molar-refractivity contribution >= 4 is 23.4 Å². The summed E-state index contributed by atoms with van der Waals surface area (Å²) in [6, 6.07) is 7.20. The quantitative estimate of drug-likeness (QED) is 0.648. The van der Waals surface area contributed by atoms with Crippen LogP contribution in [0.3, 0.4) is 0 Å². The Labute approximate surface area is 170 Å². The summed E-state index contributed by atoms with van der Waals surface area (Å²) in [5.41, 5.74) is 2.12. The third kappa shape index (κ3) is 4.34. The van der Waals surface area contributed by atoms with Crippen LogP contribution in [0, 0.1) is 5.92 Å². The average Bonchev–Trinajstić information content (AvgIpc) is 2.68. The fourth-order valence-electron chi connectivity index (χ4n) is 3.57. The van der Waals surface area contributed by atoms with Crippen LogP contribution in [0.5, 0.6) is 5.75 Å². The van der Waals surface area contributed by atoms with Crippen molar-refractivity contribution in [2.75, 3.05) is 25.2 Å². The molecule has 1 unspecified atom stereocenters. The molecule has 0 spiro atoms. The van der Waals surface area contributed by atoms with Gasteiger partial charge in [0.25, 0.3) is 0 Å². The lowest BCUT2D eigenvalue weighted by atomic mass is 9.82. The second kappa shape index (κ2) is 9.41. The van der Waals surface area contributed by atoms with Gasteiger partial charge in [-0.3, -0.25) is 9.59 Å². The molecule has 0 radical (unpaired) electrons. The predicted molar refractivity (Wildman–Crippen MR) is 108 cm³/mol. The number of benzene rings is 1. The van der Waals surface area contributed by atoms with Crippen molar-refractivity contribution in [1.82, 2.24) is 0 Å². The Bertz CT molecular complexity index is 866. The predicted octanol–water partition coefficient (Wildman–Crippen LogP) is 3.39. The second-order valence-electron chi connectivity index (χ2n) is 6.49. The van der Waals surface area contributed by atoms with Crippen molar-refractivity contribution in [2.45, 2.75) is 34.6 Å². The van der Waals surface area contributed by atoms with Gasteiger partial charge in [-0.2, -0.15) is 0 Å². The fraction of sp³-hybridized carbons (Fsp3) is 0.409. The van der Waals surface area contributed by atoms with E-state index in [0.717, 1.165) is 5.69 Å². The minimum absolute atomic E-state index is 0.108. The van der Waals surface area contributed by atoms with Crippen LogP contribution in [-0.4, -0.2) is 38.0 Å². The molecule has 0 amide bonds. The van der Waals surface area contributed by atoms with E-state index in [4.69, 9.17) is 14.2 Å². The molecule has 1 aliphatic rings. The smallest absolute Gasteiger partial charge is 0.337 e. The molecule has 1 heterocycles. The van der Waals surface area contributed by atoms with E-state index in [2.05, 4.69) is 0 Å². The summed E-state index contributed by atoms with van der Waals surface area (Å²) in [4.78, 5) is 39.9. The van der Waals surface area contributed by atoms with Crippen LogP contribution in [0.25, 0.3) is 0 Å². The molecule has 0 saturated carbocycles. The molecule has 0 aromatic heterocycles. The van der Waals surface area contributed by atoms with Crippen molar-refractivity contribution in [3.8, 4) is 5.75 Å². The highest BCUT2D eigenvalue weighted by Crippen LogP contribution is 2.40. The number of hydrogen-bond donors (Lipinski definition) is 0. The van der Waals surface area contributed by atoms with E-state index in [1.807, 2.05) is 12.1 Å². The van der Waals surface area contributed by atoms with Crippen molar-refractivity contribution < 1.29 is 28.6 Å². The second-order valence-corrected chi connectivity index (χ2v) is 6.49. The Morgan fingerprint density at radius 3 is 1.97 bits per heavy atom. The SMILES string of the molecule is CCOC(=O)C1=C(C)N(c2ccc(OC)cc2)C(C)=C(C(C)=O)C1C(=O)OCC. The number of carbonyl (C=O) groups is 3. The number of nitrogens with zero attached hydrogens (tertiary/aromatic N) is 1. The molecule has 0 bridgehead atoms. The normalized spacial score (nSPS) is 16.6. The zero-order chi connectivity index (χ0) is 21.7. The van der Waals surface area contributed by atoms with Gasteiger partial charge in [0, 0.05) is 22.7 Å². The molecule has 7 heteroatoms. The first-order valence-electron chi connectivity index (χ1n) is 9.48. The summed E-state index contributed by atoms with van der Waals surface area (Å²) in [6.07, 6.45) is 0. The van der Waals surface area contributed by atoms with Gasteiger partial charge in [-0.15, -0.1) is 0 Å². The number of ketones is 1. The zero-order valence-electron chi connectivity index (χ0n) is 17.7. The molecule has 29 heavy (non-hydrogen) atoms. The monoisotopic (exact) mass is 401 g/mol. The van der Waals surface area contributed by atoms with Gasteiger partial charge in [-0.1, -0.05) is 0 Å². The van der Waals surface area contributed by atoms with Crippen LogP contribution in [0.15, 0.2) is 46.8 Å². The standard InChI is InChI=1S/C22H27NO6/c1-7-28-21(25)19-14(4)23(16-9-11-17(27-6)12-10-16)13(3)18(15(5)24)20(19)22(26)29-8-2/h9-12,20H,7-8H2,1-6H3. The van der Waals surface area contributed by atoms with Gasteiger partial charge < -0.3 is 19.1 Å². The summed E-state index contributed by atoms with van der Waals surface area (Å²) in [5, 5.41) is 0. The Hall–Kier alpha value is -3.09. The molecule has 1 aromatic carbocycles. The van der Waals surface area contributed by atoms with Gasteiger partial charge in [0.1, 0.15) is 11.7 Å². The maximum absolute atomic E-state index is 12.8. The summed E-state index contributed by atoms with van der Waals surface area (Å²) >= 11 is 0. The molecular formula is C22H27NO6. The van der Waals surface area contributed by atoms with Crippen LogP contribution in [0.2, 0.25) is 0 Å². The molecule has 156 valence electrons. The first-order valence-corrected chi connectivity index (χ1v) is 9.48. The van der Waals surface area contributed by atoms with Gasteiger partial charge in [0.2, 0.25) is 0 Å². The molecule has 1 atom stereocenters. The molecule has 0 fully saturated rings. The van der Waals surface area contributed by atoms with Crippen LogP contribution in [0.4, 0.5) is 5.69 Å². The number of methoxy groups -OCH3 is 1. The van der Waals surface area contributed by atoms with E-state index in [-0.39, 0.29) is 30.1 Å². The molecule has 0 N–H and O–H groups in total. The number of esters is 2. The van der Waals surface area contributed by atoms with Crippen LogP contribution < -0.4 is 9.64 Å². The van der Waals surface area contributed by atoms with E-state index >= 15 is 0 Å². The highest BCUT2D eigenvalue weighted by Gasteiger charge is 2.43. The Morgan fingerprint density at radius 1 is 0.931 bits per heavy atom. The van der Waals surface area contributed by atoms with E-state index in [0.29, 0.717) is 17.1 Å². The van der Waals surface area contributed by atoms with E-state index in [1.165, 1.54) is 6.92 Å². The lowest BCUT2D eigenvalue weighted by Crippen LogP contribution is -2.39. The number of rotatable bonds is 7. The maximum Gasteiger partial charge on any atom is 0.337 e. The summed E-state index contributed by atoms with van der Waals surface area (Å²) in [5.74, 6) is -2.05. The average molecular weight is 401 g/mol. The first-order chi connectivity index (χ1) is 13.8. The lowest BCUT2D eigenvalue weighted by Gasteiger charge is -2.37. The molecular weight excluding hydrogens is 374 g/mol. The largest absolute Gasteiger partial charge is 0.497 e. The van der Waals surface area contributed by atoms with Crippen molar-refractivity contribution in [1.29, 1.82) is 0 Å². The van der Waals surface area contributed by atoms with Crippen molar-refractivity contribution in [2.24, 2.45) is 5.92 Å². The van der Waals surface area contributed by atoms with Crippen molar-refractivity contribution in [3.63, 3.8) is 0 Å². The van der Waals surface area contributed by atoms with Gasteiger partial charge in [0.15, 0.2) is 5.78 Å². The summed E-state index contributed by atoms with van der Waals surface area (Å²) in [7, 11) is 1.57. The van der Waals surface area contributed by atoms with Gasteiger partial charge in [0.05, 0.1) is 25.9 Å². The lowest BCUT2D eigenvalue weighted by molar-refractivity contribution is -0.149. The fourth-order valence-corrected chi connectivity index (χ4v) is 3.57. The Kier molecular flexibility index (Phi) is 7.20. The first kappa shape index (κ1) is 22.2. The van der Waals surface area contributed by atoms with Gasteiger partial charge in [-0.05, 0) is 58.9 Å². The van der Waals surface area contributed by atoms with Gasteiger partial charge >= 0.3 is 11.9 Å². The zero-order valence-corrected chi connectivity index (χ0v) is 17.7. The Morgan fingerprint density at radius 2 is 1.48 bits per heavy atom. The number of anilines is 1. The molecule has 2 rings (SSSR count). The van der Waals surface area contributed by atoms with Crippen LogP contribution in [-0.2, 0) is 23.9 Å². The van der Waals surface area contributed by atoms with Gasteiger partial charge in [-0.25, -0.2) is 4.79 Å². The molecule has 1 aromatic rings. The molecule has 0 aliphatic carbocycles. The number of Topliss-reactive ketones (excluding diaryl/α,β-unsaturated/α-hetero) is 1. The third-order valence-corrected chi connectivity index (χ3v) is 4.76. The summed E-state index contributed by atoms with van der Waals surface area (Å²) < 4.78 is 15.6. The third-order valence-electron chi connectivity index (χ3n) is 4.76. The summed E-state index contributed by atoms with van der Waals surface area (Å²) in [6.45, 7) is 8.49. The van der Waals surface area contributed by atoms with E-state index < -0.39 is 17.9 Å². The van der Waals surface area contributed by atoms with Crippen molar-refractivity contribution in [3.05, 3.63) is 46.8 Å². The minimum Gasteiger partial charge on any atom is -0.497 e. The number of allylic oxidation sites excluding steroid dienone is 2. The maximum atomic E-state index is 12.8. The molecule has 0 saturated heterocycles. The number of carbonyl (C=O) groups excluding carboxylic acids is 3. The minimum atomic E-state index is -1.12. The highest BCUT2D eigenvalue weighted by molar-refractivity contribution is 6.08. The van der Waals surface area contributed by atoms with E-state index in [1.54, 1.807) is 51.8 Å². The molecule has 1 aliphatic heterocycles. The topological polar surface area (TPSA) is 82.1 Å². The number of ether oxygens (including phenoxy) is 3.